The van der Waals surface area contributed by atoms with Crippen molar-refractivity contribution in [1.82, 2.24) is 0 Å². The zero-order valence-corrected chi connectivity index (χ0v) is 12.8. The van der Waals surface area contributed by atoms with Crippen LogP contribution in [0.2, 0.25) is 0 Å². The summed E-state index contributed by atoms with van der Waals surface area (Å²) in [6, 6.07) is 0. The van der Waals surface area contributed by atoms with Gasteiger partial charge in [0.15, 0.2) is 0 Å². The lowest BCUT2D eigenvalue weighted by molar-refractivity contribution is 0.120. The molecule has 0 aromatic heterocycles. The highest BCUT2D eigenvalue weighted by Gasteiger charge is 2.31. The third-order valence-corrected chi connectivity index (χ3v) is 5.37. The first-order valence-corrected chi connectivity index (χ1v) is 8.16. The topological polar surface area (TPSA) is 0 Å². The molecular weight excluding hydrogens is 204 g/mol. The summed E-state index contributed by atoms with van der Waals surface area (Å²) in [5, 5.41) is 0. The predicted molar refractivity (Wildman–Crippen MR) is 78.1 cm³/mol. The highest BCUT2D eigenvalue weighted by atomic mass is 14.4. The lowest BCUT2D eigenvalue weighted by atomic mass is 9.67. The second-order valence-electron chi connectivity index (χ2n) is 6.55. The molecule has 0 heterocycles. The van der Waals surface area contributed by atoms with Crippen LogP contribution < -0.4 is 0 Å². The van der Waals surface area contributed by atoms with Gasteiger partial charge >= 0.3 is 0 Å². The smallest absolute Gasteiger partial charge is 0.0383 e. The van der Waals surface area contributed by atoms with E-state index in [0.29, 0.717) is 0 Å². The van der Waals surface area contributed by atoms with Crippen molar-refractivity contribution >= 4 is 0 Å². The van der Waals surface area contributed by atoms with E-state index < -0.39 is 0 Å². The highest BCUT2D eigenvalue weighted by Crippen LogP contribution is 2.43. The summed E-state index contributed by atoms with van der Waals surface area (Å²) in [5.41, 5.74) is 0. The van der Waals surface area contributed by atoms with Crippen LogP contribution in [-0.4, -0.2) is 0 Å². The lowest BCUT2D eigenvalue weighted by Gasteiger charge is -2.39. The van der Waals surface area contributed by atoms with Gasteiger partial charge in [0.25, 0.3) is 0 Å². The Bertz CT molecular complexity index is 188. The molecule has 102 valence electrons. The quantitative estimate of drug-likeness (QED) is 0.532. The molecule has 0 saturated heterocycles. The Morgan fingerprint density at radius 3 is 1.65 bits per heavy atom. The Morgan fingerprint density at radius 2 is 1.12 bits per heavy atom. The standard InChI is InChI=1S/C15H28.C2H6/c1-11-4-7-14(8-5-11)15-9-6-12(2)13(3)10-15;1-2/h11-15H,4-10H2,1-3H3;1-2H3. The van der Waals surface area contributed by atoms with Crippen molar-refractivity contribution in [2.45, 2.75) is 79.6 Å². The minimum atomic E-state index is 0.989. The van der Waals surface area contributed by atoms with Crippen molar-refractivity contribution in [1.29, 1.82) is 0 Å². The average Bonchev–Trinajstić information content (AvgIpc) is 2.36. The maximum atomic E-state index is 2.47. The van der Waals surface area contributed by atoms with Gasteiger partial charge in [0.1, 0.15) is 0 Å². The Labute approximate surface area is 110 Å². The minimum absolute atomic E-state index is 0.989. The SMILES string of the molecule is CC.CC1CCC(C2CCC(C)C(C)C2)CC1. The van der Waals surface area contributed by atoms with Crippen LogP contribution in [0.15, 0.2) is 0 Å². The van der Waals surface area contributed by atoms with Gasteiger partial charge < -0.3 is 0 Å². The summed E-state index contributed by atoms with van der Waals surface area (Å²) in [6.45, 7) is 11.4. The van der Waals surface area contributed by atoms with Gasteiger partial charge in [0.2, 0.25) is 0 Å². The fourth-order valence-electron chi connectivity index (χ4n) is 3.77. The normalized spacial score (nSPS) is 42.5. The van der Waals surface area contributed by atoms with Crippen molar-refractivity contribution < 1.29 is 0 Å². The molecule has 3 atom stereocenters. The van der Waals surface area contributed by atoms with Crippen LogP contribution in [0.3, 0.4) is 0 Å². The Hall–Kier alpha value is 0. The van der Waals surface area contributed by atoms with Crippen LogP contribution in [0.4, 0.5) is 0 Å². The van der Waals surface area contributed by atoms with E-state index in [1.54, 1.807) is 0 Å². The van der Waals surface area contributed by atoms with E-state index in [2.05, 4.69) is 20.8 Å². The van der Waals surface area contributed by atoms with Crippen LogP contribution in [-0.2, 0) is 0 Å². The van der Waals surface area contributed by atoms with Crippen LogP contribution >= 0.6 is 0 Å². The highest BCUT2D eigenvalue weighted by molar-refractivity contribution is 4.82. The molecule has 2 rings (SSSR count). The molecule has 2 aliphatic rings. The van der Waals surface area contributed by atoms with Crippen LogP contribution in [0.25, 0.3) is 0 Å². The van der Waals surface area contributed by atoms with Crippen molar-refractivity contribution in [3.05, 3.63) is 0 Å². The van der Waals surface area contributed by atoms with Crippen LogP contribution in [0.1, 0.15) is 79.6 Å². The molecule has 0 aromatic carbocycles. The van der Waals surface area contributed by atoms with Gasteiger partial charge in [-0.1, -0.05) is 53.9 Å². The molecule has 0 radical (unpaired) electrons. The van der Waals surface area contributed by atoms with Gasteiger partial charge in [-0.05, 0) is 55.3 Å². The molecule has 0 spiro atoms. The van der Waals surface area contributed by atoms with Crippen LogP contribution in [0.5, 0.6) is 0 Å². The molecule has 0 amide bonds. The minimum Gasteiger partial charge on any atom is -0.0683 e. The Balaban J connectivity index is 0.000000686. The third kappa shape index (κ3) is 4.30. The molecule has 0 heteroatoms. The summed E-state index contributed by atoms with van der Waals surface area (Å²) in [4.78, 5) is 0. The van der Waals surface area contributed by atoms with Gasteiger partial charge in [-0.15, -0.1) is 0 Å². The Kier molecular flexibility index (Phi) is 6.59. The molecule has 0 aromatic rings. The van der Waals surface area contributed by atoms with E-state index >= 15 is 0 Å². The van der Waals surface area contributed by atoms with Crippen LogP contribution in [0, 0.1) is 29.6 Å². The number of hydrogen-bond acceptors (Lipinski definition) is 0. The molecule has 3 unspecified atom stereocenters. The zero-order chi connectivity index (χ0) is 12.8. The van der Waals surface area contributed by atoms with E-state index in [9.17, 15) is 0 Å². The van der Waals surface area contributed by atoms with Crippen molar-refractivity contribution in [2.75, 3.05) is 0 Å². The molecule has 0 aliphatic heterocycles. The lowest BCUT2D eigenvalue weighted by Crippen LogP contribution is -2.28. The van der Waals surface area contributed by atoms with Crippen molar-refractivity contribution in [3.8, 4) is 0 Å². The van der Waals surface area contributed by atoms with Gasteiger partial charge in [0.05, 0.1) is 0 Å². The molecule has 0 bridgehead atoms. The van der Waals surface area contributed by atoms with E-state index in [1.807, 2.05) is 13.8 Å². The molecule has 2 aliphatic carbocycles. The predicted octanol–water partition coefficient (Wildman–Crippen LogP) is 5.91. The third-order valence-electron chi connectivity index (χ3n) is 5.37. The second-order valence-corrected chi connectivity index (χ2v) is 6.55. The second kappa shape index (κ2) is 7.44. The molecule has 2 saturated carbocycles. The number of rotatable bonds is 1. The summed E-state index contributed by atoms with van der Waals surface area (Å²) >= 11 is 0. The van der Waals surface area contributed by atoms with E-state index in [0.717, 1.165) is 29.6 Å². The molecule has 2 fully saturated rings. The molecule has 0 nitrogen and oxygen atoms in total. The van der Waals surface area contributed by atoms with Gasteiger partial charge in [-0.2, -0.15) is 0 Å². The zero-order valence-electron chi connectivity index (χ0n) is 12.8. The monoisotopic (exact) mass is 238 g/mol. The average molecular weight is 238 g/mol. The fraction of sp³-hybridized carbons (Fsp3) is 1.00. The van der Waals surface area contributed by atoms with Gasteiger partial charge in [0, 0.05) is 0 Å². The first-order chi connectivity index (χ1) is 8.16. The van der Waals surface area contributed by atoms with E-state index in [1.165, 1.54) is 44.9 Å². The van der Waals surface area contributed by atoms with E-state index in [4.69, 9.17) is 0 Å². The summed E-state index contributed by atoms with van der Waals surface area (Å²) in [7, 11) is 0. The van der Waals surface area contributed by atoms with Crippen molar-refractivity contribution in [3.63, 3.8) is 0 Å². The molecular formula is C17H34. The van der Waals surface area contributed by atoms with E-state index in [-0.39, 0.29) is 0 Å². The first-order valence-electron chi connectivity index (χ1n) is 8.16. The molecule has 17 heavy (non-hydrogen) atoms. The Morgan fingerprint density at radius 1 is 0.588 bits per heavy atom. The summed E-state index contributed by atoms with van der Waals surface area (Å²) < 4.78 is 0. The first kappa shape index (κ1) is 15.1. The van der Waals surface area contributed by atoms with Gasteiger partial charge in [-0.3, -0.25) is 0 Å². The summed E-state index contributed by atoms with van der Waals surface area (Å²) in [5.74, 6) is 5.17. The fourth-order valence-corrected chi connectivity index (χ4v) is 3.77. The van der Waals surface area contributed by atoms with Gasteiger partial charge in [-0.25, -0.2) is 0 Å². The number of hydrogen-bond donors (Lipinski definition) is 0. The van der Waals surface area contributed by atoms with Crippen molar-refractivity contribution in [2.24, 2.45) is 29.6 Å². The summed E-state index contributed by atoms with van der Waals surface area (Å²) in [6.07, 6.45) is 10.6. The maximum Gasteiger partial charge on any atom is -0.0383 e. The largest absolute Gasteiger partial charge is 0.0683 e. The molecule has 0 N–H and O–H groups in total. The maximum absolute atomic E-state index is 2.47.